The number of benzene rings is 1. The largest absolute Gasteiger partial charge is 0.324 e. The zero-order valence-electron chi connectivity index (χ0n) is 14.1. The van der Waals surface area contributed by atoms with Crippen LogP contribution in [0.4, 0.5) is 4.39 Å². The van der Waals surface area contributed by atoms with Gasteiger partial charge in [-0.2, -0.15) is 0 Å². The van der Waals surface area contributed by atoms with Crippen LogP contribution in [0.2, 0.25) is 0 Å². The molecule has 0 aliphatic carbocycles. The Hall–Kier alpha value is -0.930. The highest BCUT2D eigenvalue weighted by molar-refractivity contribution is 5.21. The van der Waals surface area contributed by atoms with E-state index in [1.165, 1.54) is 6.07 Å². The van der Waals surface area contributed by atoms with Crippen LogP contribution in [0.3, 0.4) is 0 Å². The summed E-state index contributed by atoms with van der Waals surface area (Å²) in [5.74, 6) is 1.27. The minimum absolute atomic E-state index is 0.198. The minimum Gasteiger partial charge on any atom is -0.324 e. The zero-order valence-corrected chi connectivity index (χ0v) is 14.1. The fourth-order valence-electron chi connectivity index (χ4n) is 2.83. The van der Waals surface area contributed by atoms with E-state index in [1.807, 2.05) is 6.07 Å². The second kappa shape index (κ2) is 8.50. The Morgan fingerprint density at radius 3 is 1.95 bits per heavy atom. The van der Waals surface area contributed by atoms with Crippen molar-refractivity contribution in [3.05, 3.63) is 35.6 Å². The fraction of sp³-hybridized carbons (Fsp3) is 0.667. The van der Waals surface area contributed by atoms with Crippen molar-refractivity contribution in [2.24, 2.45) is 23.5 Å². The van der Waals surface area contributed by atoms with Crippen molar-refractivity contribution in [1.82, 2.24) is 4.90 Å². The van der Waals surface area contributed by atoms with Gasteiger partial charge >= 0.3 is 0 Å². The average Bonchev–Trinajstić information content (AvgIpc) is 2.36. The molecule has 0 radical (unpaired) electrons. The van der Waals surface area contributed by atoms with E-state index in [0.29, 0.717) is 17.4 Å². The topological polar surface area (TPSA) is 29.3 Å². The molecule has 2 nitrogen and oxygen atoms in total. The Bertz CT molecular complexity index is 407. The summed E-state index contributed by atoms with van der Waals surface area (Å²) in [7, 11) is 0. The third kappa shape index (κ3) is 6.15. The molecule has 1 aromatic carbocycles. The van der Waals surface area contributed by atoms with Crippen molar-refractivity contribution < 1.29 is 4.39 Å². The molecule has 0 aliphatic rings. The third-order valence-corrected chi connectivity index (χ3v) is 3.67. The maximum Gasteiger partial charge on any atom is 0.127 e. The second-order valence-corrected chi connectivity index (χ2v) is 7.03. The average molecular weight is 294 g/mol. The van der Waals surface area contributed by atoms with Crippen LogP contribution < -0.4 is 5.73 Å². The zero-order chi connectivity index (χ0) is 16.0. The van der Waals surface area contributed by atoms with Gasteiger partial charge < -0.3 is 10.6 Å². The van der Waals surface area contributed by atoms with Crippen LogP contribution in [-0.2, 0) is 0 Å². The van der Waals surface area contributed by atoms with Gasteiger partial charge in [0.05, 0.1) is 0 Å². The van der Waals surface area contributed by atoms with Gasteiger partial charge in [0, 0.05) is 31.2 Å². The lowest BCUT2D eigenvalue weighted by Crippen LogP contribution is -2.38. The van der Waals surface area contributed by atoms with Gasteiger partial charge in [0.25, 0.3) is 0 Å². The Kier molecular flexibility index (Phi) is 7.33. The normalized spacial score (nSPS) is 15.0. The predicted molar refractivity (Wildman–Crippen MR) is 88.6 cm³/mol. The van der Waals surface area contributed by atoms with Crippen LogP contribution in [0.15, 0.2) is 24.3 Å². The molecule has 0 aliphatic heterocycles. The molecular weight excluding hydrogens is 263 g/mol. The summed E-state index contributed by atoms with van der Waals surface area (Å²) in [6.07, 6.45) is 0. The van der Waals surface area contributed by atoms with E-state index in [1.54, 1.807) is 12.1 Å². The van der Waals surface area contributed by atoms with E-state index in [0.717, 1.165) is 19.6 Å². The number of halogens is 1. The van der Waals surface area contributed by atoms with E-state index in [-0.39, 0.29) is 17.8 Å². The van der Waals surface area contributed by atoms with Crippen LogP contribution in [-0.4, -0.2) is 24.5 Å². The maximum atomic E-state index is 13.9. The van der Waals surface area contributed by atoms with Crippen molar-refractivity contribution in [2.45, 2.75) is 40.7 Å². The van der Waals surface area contributed by atoms with Gasteiger partial charge in [0.15, 0.2) is 0 Å². The highest BCUT2D eigenvalue weighted by Gasteiger charge is 2.21. The van der Waals surface area contributed by atoms with Crippen molar-refractivity contribution in [3.8, 4) is 0 Å². The fourth-order valence-corrected chi connectivity index (χ4v) is 2.83. The summed E-state index contributed by atoms with van der Waals surface area (Å²) in [5, 5.41) is 0. The van der Waals surface area contributed by atoms with E-state index >= 15 is 0 Å². The molecule has 2 atom stereocenters. The molecule has 3 heteroatoms. The first-order valence-electron chi connectivity index (χ1n) is 8.03. The van der Waals surface area contributed by atoms with Gasteiger partial charge in [-0.1, -0.05) is 52.8 Å². The number of hydrogen-bond acceptors (Lipinski definition) is 2. The van der Waals surface area contributed by atoms with Crippen LogP contribution in [0.25, 0.3) is 0 Å². The quantitative estimate of drug-likeness (QED) is 0.783. The number of rotatable bonds is 8. The standard InChI is InChI=1S/C18H31FN2/c1-13(2)10-21(11-14(3)4)12-15(5)18(20)16-8-6-7-9-17(16)19/h6-9,13-15,18H,10-12,20H2,1-5H3. The lowest BCUT2D eigenvalue weighted by atomic mass is 9.94. The molecule has 1 aromatic rings. The first-order valence-corrected chi connectivity index (χ1v) is 8.03. The smallest absolute Gasteiger partial charge is 0.127 e. The van der Waals surface area contributed by atoms with E-state index in [4.69, 9.17) is 5.73 Å². The highest BCUT2D eigenvalue weighted by atomic mass is 19.1. The first-order chi connectivity index (χ1) is 9.81. The highest BCUT2D eigenvalue weighted by Crippen LogP contribution is 2.23. The summed E-state index contributed by atoms with van der Waals surface area (Å²) < 4.78 is 13.9. The van der Waals surface area contributed by atoms with E-state index in [9.17, 15) is 4.39 Å². The first kappa shape index (κ1) is 18.1. The molecule has 0 saturated heterocycles. The molecule has 120 valence electrons. The van der Waals surface area contributed by atoms with Crippen LogP contribution in [0, 0.1) is 23.6 Å². The molecule has 0 amide bonds. The van der Waals surface area contributed by atoms with Crippen molar-refractivity contribution >= 4 is 0 Å². The Balaban J connectivity index is 2.71. The Morgan fingerprint density at radius 2 is 1.48 bits per heavy atom. The number of hydrogen-bond donors (Lipinski definition) is 1. The third-order valence-electron chi connectivity index (χ3n) is 3.67. The van der Waals surface area contributed by atoms with Crippen LogP contribution >= 0.6 is 0 Å². The summed E-state index contributed by atoms with van der Waals surface area (Å²) >= 11 is 0. The lowest BCUT2D eigenvalue weighted by molar-refractivity contribution is 0.182. The van der Waals surface area contributed by atoms with Crippen molar-refractivity contribution in [3.63, 3.8) is 0 Å². The summed E-state index contributed by atoms with van der Waals surface area (Å²) in [6, 6.07) is 6.59. The number of nitrogens with two attached hydrogens (primary N) is 1. The van der Waals surface area contributed by atoms with Crippen molar-refractivity contribution in [1.29, 1.82) is 0 Å². The predicted octanol–water partition coefficient (Wildman–Crippen LogP) is 4.08. The monoisotopic (exact) mass is 294 g/mol. The molecule has 0 bridgehead atoms. The van der Waals surface area contributed by atoms with Gasteiger partial charge in [-0.25, -0.2) is 4.39 Å². The molecule has 2 N–H and O–H groups in total. The molecule has 0 aromatic heterocycles. The van der Waals surface area contributed by atoms with Gasteiger partial charge in [-0.15, -0.1) is 0 Å². The van der Waals surface area contributed by atoms with Crippen molar-refractivity contribution in [2.75, 3.05) is 19.6 Å². The van der Waals surface area contributed by atoms with E-state index in [2.05, 4.69) is 39.5 Å². The molecule has 1 rings (SSSR count). The van der Waals surface area contributed by atoms with E-state index < -0.39 is 0 Å². The Morgan fingerprint density at radius 1 is 0.952 bits per heavy atom. The lowest BCUT2D eigenvalue weighted by Gasteiger charge is -2.31. The Labute approximate surface area is 129 Å². The molecular formula is C18H31FN2. The van der Waals surface area contributed by atoms with Crippen LogP contribution in [0.1, 0.15) is 46.2 Å². The molecule has 0 fully saturated rings. The molecule has 0 saturated carbocycles. The molecule has 2 unspecified atom stereocenters. The SMILES string of the molecule is CC(C)CN(CC(C)C)CC(C)C(N)c1ccccc1F. The molecule has 0 heterocycles. The number of nitrogens with zero attached hydrogens (tertiary/aromatic N) is 1. The minimum atomic E-state index is -0.256. The van der Waals surface area contributed by atoms with Gasteiger partial charge in [0.1, 0.15) is 5.82 Å². The summed E-state index contributed by atoms with van der Waals surface area (Å²) in [4.78, 5) is 2.46. The maximum absolute atomic E-state index is 13.9. The second-order valence-electron chi connectivity index (χ2n) is 7.03. The summed E-state index contributed by atoms with van der Waals surface area (Å²) in [6.45, 7) is 14.1. The van der Waals surface area contributed by atoms with Crippen LogP contribution in [0.5, 0.6) is 0 Å². The summed E-state index contributed by atoms with van der Waals surface area (Å²) in [5.41, 5.74) is 6.91. The molecule has 0 spiro atoms. The van der Waals surface area contributed by atoms with Gasteiger partial charge in [-0.05, 0) is 23.8 Å². The van der Waals surface area contributed by atoms with Gasteiger partial charge in [-0.3, -0.25) is 0 Å². The van der Waals surface area contributed by atoms with Gasteiger partial charge in [0.2, 0.25) is 0 Å². The molecule has 21 heavy (non-hydrogen) atoms.